The Morgan fingerprint density at radius 3 is 2.55 bits per heavy atom. The molecule has 1 aliphatic rings. The Balaban J connectivity index is 1.80. The van der Waals surface area contributed by atoms with E-state index in [1.807, 2.05) is 60.8 Å². The van der Waals surface area contributed by atoms with E-state index in [-0.39, 0.29) is 5.91 Å². The summed E-state index contributed by atoms with van der Waals surface area (Å²) in [7, 11) is 0. The summed E-state index contributed by atoms with van der Waals surface area (Å²) < 4.78 is 1.79. The summed E-state index contributed by atoms with van der Waals surface area (Å²) in [6.45, 7) is 4.03. The zero-order valence-corrected chi connectivity index (χ0v) is 17.0. The number of benzene rings is 2. The predicted molar refractivity (Wildman–Crippen MR) is 120 cm³/mol. The molecular weight excluding hydrogens is 404 g/mol. The lowest BCUT2D eigenvalue weighted by molar-refractivity contribution is -0.122. The van der Waals surface area contributed by atoms with Gasteiger partial charge in [0.1, 0.15) is 11.4 Å². The Morgan fingerprint density at radius 2 is 1.86 bits per heavy atom. The van der Waals surface area contributed by atoms with E-state index in [4.69, 9.17) is 28.9 Å². The number of nitrogens with zero attached hydrogens (tertiary/aromatic N) is 3. The molecule has 4 rings (SSSR count). The summed E-state index contributed by atoms with van der Waals surface area (Å²) in [6.07, 6.45) is 5.30. The van der Waals surface area contributed by atoms with Crippen molar-refractivity contribution in [2.24, 2.45) is 0 Å². The monoisotopic (exact) mass is 420 g/mol. The van der Waals surface area contributed by atoms with E-state index in [1.54, 1.807) is 16.8 Å². The Bertz CT molecular complexity index is 1120. The van der Waals surface area contributed by atoms with Gasteiger partial charge in [-0.3, -0.25) is 9.69 Å². The second kappa shape index (κ2) is 8.03. The van der Waals surface area contributed by atoms with Crippen LogP contribution in [-0.4, -0.2) is 32.2 Å². The number of carbonyl (C=O) groups is 1. The summed E-state index contributed by atoms with van der Waals surface area (Å²) >= 11 is 11.3. The van der Waals surface area contributed by atoms with Crippen molar-refractivity contribution in [3.63, 3.8) is 0 Å². The number of hydrogen-bond donors (Lipinski definition) is 1. The fourth-order valence-electron chi connectivity index (χ4n) is 3.06. The van der Waals surface area contributed by atoms with Gasteiger partial charge >= 0.3 is 0 Å². The Kier molecular flexibility index (Phi) is 5.29. The second-order valence-electron chi connectivity index (χ2n) is 6.41. The van der Waals surface area contributed by atoms with Crippen molar-refractivity contribution in [1.82, 2.24) is 20.0 Å². The molecule has 2 aromatic carbocycles. The maximum absolute atomic E-state index is 12.7. The molecule has 1 amide bonds. The summed E-state index contributed by atoms with van der Waals surface area (Å²) in [4.78, 5) is 14.2. The molecule has 5 nitrogen and oxygen atoms in total. The smallest absolute Gasteiger partial charge is 0.276 e. The molecule has 1 aliphatic heterocycles. The first-order valence-electron chi connectivity index (χ1n) is 8.93. The van der Waals surface area contributed by atoms with Crippen molar-refractivity contribution in [2.45, 2.75) is 0 Å². The molecule has 0 aliphatic carbocycles. The average molecular weight is 421 g/mol. The van der Waals surface area contributed by atoms with E-state index in [2.05, 4.69) is 11.9 Å². The number of nitrogens with one attached hydrogen (secondary N) is 1. The molecule has 1 aromatic heterocycles. The topological polar surface area (TPSA) is 50.2 Å². The van der Waals surface area contributed by atoms with Gasteiger partial charge in [0.2, 0.25) is 0 Å². The van der Waals surface area contributed by atoms with Crippen LogP contribution in [0, 0.1) is 0 Å². The molecule has 1 N–H and O–H groups in total. The van der Waals surface area contributed by atoms with Gasteiger partial charge in [-0.25, -0.2) is 4.68 Å². The van der Waals surface area contributed by atoms with Crippen LogP contribution in [-0.2, 0) is 4.79 Å². The van der Waals surface area contributed by atoms with Crippen LogP contribution in [0.25, 0.3) is 23.0 Å². The van der Waals surface area contributed by atoms with Crippen molar-refractivity contribution in [3.8, 4) is 16.9 Å². The van der Waals surface area contributed by atoms with Crippen molar-refractivity contribution < 1.29 is 4.79 Å². The van der Waals surface area contributed by atoms with Crippen molar-refractivity contribution in [3.05, 3.63) is 89.7 Å². The zero-order valence-electron chi connectivity index (χ0n) is 15.4. The van der Waals surface area contributed by atoms with Crippen LogP contribution in [0.4, 0.5) is 0 Å². The Morgan fingerprint density at radius 1 is 1.14 bits per heavy atom. The molecule has 2 heterocycles. The third kappa shape index (κ3) is 3.85. The first-order valence-corrected chi connectivity index (χ1v) is 9.72. The molecule has 144 valence electrons. The van der Waals surface area contributed by atoms with Crippen LogP contribution in [0.3, 0.4) is 0 Å². The molecule has 0 unspecified atom stereocenters. The summed E-state index contributed by atoms with van der Waals surface area (Å²) in [5.41, 5.74) is 3.74. The predicted octanol–water partition coefficient (Wildman–Crippen LogP) is 4.44. The number of carbonyl (C=O) groups excluding carboxylic acids is 1. The van der Waals surface area contributed by atoms with E-state index in [0.717, 1.165) is 22.5 Å². The summed E-state index contributed by atoms with van der Waals surface area (Å²) in [5.74, 6) is -0.190. The second-order valence-corrected chi connectivity index (χ2v) is 7.24. The molecule has 29 heavy (non-hydrogen) atoms. The van der Waals surface area contributed by atoms with E-state index in [9.17, 15) is 4.79 Å². The quantitative estimate of drug-likeness (QED) is 0.376. The third-order valence-corrected chi connectivity index (χ3v) is 5.03. The van der Waals surface area contributed by atoms with Crippen LogP contribution in [0.2, 0.25) is 5.02 Å². The first-order chi connectivity index (χ1) is 14.1. The zero-order chi connectivity index (χ0) is 20.4. The van der Waals surface area contributed by atoms with Gasteiger partial charge in [0.15, 0.2) is 5.11 Å². The van der Waals surface area contributed by atoms with Gasteiger partial charge in [-0.2, -0.15) is 5.10 Å². The average Bonchev–Trinajstić information content (AvgIpc) is 3.26. The molecule has 3 aromatic rings. The Hall–Kier alpha value is -3.22. The molecule has 0 saturated carbocycles. The van der Waals surface area contributed by atoms with E-state index in [1.165, 1.54) is 4.90 Å². The molecule has 0 spiro atoms. The number of para-hydroxylation sites is 1. The summed E-state index contributed by atoms with van der Waals surface area (Å²) in [6, 6.07) is 17.2. The fourth-order valence-corrected chi connectivity index (χ4v) is 3.45. The van der Waals surface area contributed by atoms with E-state index in [0.29, 0.717) is 22.4 Å². The van der Waals surface area contributed by atoms with Crippen molar-refractivity contribution in [2.75, 3.05) is 6.54 Å². The third-order valence-electron chi connectivity index (χ3n) is 4.45. The largest absolute Gasteiger partial charge is 0.328 e. The van der Waals surface area contributed by atoms with Crippen LogP contribution in [0.5, 0.6) is 0 Å². The van der Waals surface area contributed by atoms with Crippen LogP contribution in [0.1, 0.15) is 5.56 Å². The van der Waals surface area contributed by atoms with Crippen molar-refractivity contribution in [1.29, 1.82) is 0 Å². The number of rotatable bonds is 5. The lowest BCUT2D eigenvalue weighted by Crippen LogP contribution is -2.30. The van der Waals surface area contributed by atoms with Gasteiger partial charge in [0.25, 0.3) is 5.91 Å². The van der Waals surface area contributed by atoms with Crippen LogP contribution >= 0.6 is 23.8 Å². The van der Waals surface area contributed by atoms with Gasteiger partial charge < -0.3 is 5.32 Å². The van der Waals surface area contributed by atoms with Gasteiger partial charge in [0, 0.05) is 28.9 Å². The number of amides is 1. The van der Waals surface area contributed by atoms with Crippen molar-refractivity contribution >= 4 is 40.9 Å². The molecular formula is C22H17ClN4OS. The minimum absolute atomic E-state index is 0.190. The molecule has 1 saturated heterocycles. The van der Waals surface area contributed by atoms with Gasteiger partial charge in [-0.05, 0) is 42.6 Å². The highest BCUT2D eigenvalue weighted by molar-refractivity contribution is 7.80. The lowest BCUT2D eigenvalue weighted by atomic mass is 10.1. The lowest BCUT2D eigenvalue weighted by Gasteiger charge is -2.09. The molecule has 0 atom stereocenters. The van der Waals surface area contributed by atoms with E-state index < -0.39 is 0 Å². The highest BCUT2D eigenvalue weighted by Gasteiger charge is 2.30. The minimum atomic E-state index is -0.190. The normalized spacial score (nSPS) is 15.1. The standard InChI is InChI=1S/C22H17ClN4OS/c1-2-12-26-21(28)19(24-22(26)29)13-16-14-27(18-6-4-3-5-7-18)25-20(16)15-8-10-17(23)11-9-15/h2-11,13-14H,1,12H2,(H,24,29)/b19-13-. The Labute approximate surface area is 178 Å². The van der Waals surface area contributed by atoms with Gasteiger partial charge in [0.05, 0.1) is 5.69 Å². The highest BCUT2D eigenvalue weighted by Crippen LogP contribution is 2.27. The van der Waals surface area contributed by atoms with Gasteiger partial charge in [-0.15, -0.1) is 6.58 Å². The first kappa shape index (κ1) is 19.1. The molecule has 0 radical (unpaired) electrons. The van der Waals surface area contributed by atoms with E-state index >= 15 is 0 Å². The maximum atomic E-state index is 12.7. The number of halogens is 1. The maximum Gasteiger partial charge on any atom is 0.276 e. The van der Waals surface area contributed by atoms with Crippen LogP contribution in [0.15, 0.2) is 79.1 Å². The summed E-state index contributed by atoms with van der Waals surface area (Å²) in [5, 5.41) is 8.75. The molecule has 0 bridgehead atoms. The minimum Gasteiger partial charge on any atom is -0.328 e. The number of aromatic nitrogens is 2. The fraction of sp³-hybridized carbons (Fsp3) is 0.0455. The molecule has 7 heteroatoms. The molecule has 1 fully saturated rings. The van der Waals surface area contributed by atoms with Gasteiger partial charge in [-0.1, -0.05) is 48.0 Å². The SMILES string of the molecule is C=CCN1C(=O)/C(=C/c2cn(-c3ccccc3)nc2-c2ccc(Cl)cc2)NC1=S. The number of hydrogen-bond acceptors (Lipinski definition) is 3. The highest BCUT2D eigenvalue weighted by atomic mass is 35.5. The van der Waals surface area contributed by atoms with Crippen LogP contribution < -0.4 is 5.32 Å². The number of thiocarbonyl (C=S) groups is 1.